The van der Waals surface area contributed by atoms with Crippen LogP contribution in [0.4, 0.5) is 0 Å². The summed E-state index contributed by atoms with van der Waals surface area (Å²) in [6.07, 6.45) is 0. The maximum atomic E-state index is 13.2. The molecule has 2 rings (SSSR count). The van der Waals surface area contributed by atoms with Crippen LogP contribution in [0.1, 0.15) is 51.7 Å². The zero-order valence-electron chi connectivity index (χ0n) is 19.3. The molecular formula is C25H34N2O4. The van der Waals surface area contributed by atoms with Gasteiger partial charge in [-0.1, -0.05) is 44.2 Å². The van der Waals surface area contributed by atoms with Crippen molar-refractivity contribution in [2.75, 3.05) is 13.7 Å². The fourth-order valence-corrected chi connectivity index (χ4v) is 3.23. The van der Waals surface area contributed by atoms with Gasteiger partial charge in [-0.15, -0.1) is 0 Å². The van der Waals surface area contributed by atoms with E-state index in [0.29, 0.717) is 12.3 Å². The summed E-state index contributed by atoms with van der Waals surface area (Å²) in [7, 11) is 1.61. The molecule has 2 amide bonds. The minimum atomic E-state index is -0.638. The molecule has 0 heterocycles. The molecule has 31 heavy (non-hydrogen) atoms. The van der Waals surface area contributed by atoms with Gasteiger partial charge in [-0.05, 0) is 56.0 Å². The molecule has 0 aliphatic heterocycles. The predicted octanol–water partition coefficient (Wildman–Crippen LogP) is 4.14. The van der Waals surface area contributed by atoms with E-state index in [-0.39, 0.29) is 30.4 Å². The van der Waals surface area contributed by atoms with E-state index in [4.69, 9.17) is 9.47 Å². The van der Waals surface area contributed by atoms with Crippen LogP contribution in [-0.4, -0.2) is 42.5 Å². The second-order valence-electron chi connectivity index (χ2n) is 8.19. The first-order chi connectivity index (χ1) is 14.7. The van der Waals surface area contributed by atoms with Crippen LogP contribution in [-0.2, 0) is 16.1 Å². The summed E-state index contributed by atoms with van der Waals surface area (Å²) in [4.78, 5) is 27.3. The SMILES string of the molecule is COc1ccc(CN(C(=O)COc2ccccc2C(C)C)[C@@H](C)C(=O)NC(C)C)cc1. The summed E-state index contributed by atoms with van der Waals surface area (Å²) in [5.41, 5.74) is 1.95. The Hall–Kier alpha value is -3.02. The van der Waals surface area contributed by atoms with E-state index >= 15 is 0 Å². The van der Waals surface area contributed by atoms with Gasteiger partial charge in [-0.25, -0.2) is 0 Å². The number of benzene rings is 2. The highest BCUT2D eigenvalue weighted by molar-refractivity contribution is 5.88. The van der Waals surface area contributed by atoms with Crippen molar-refractivity contribution in [1.82, 2.24) is 10.2 Å². The predicted molar refractivity (Wildman–Crippen MR) is 122 cm³/mol. The summed E-state index contributed by atoms with van der Waals surface area (Å²) in [6, 6.07) is 14.5. The Morgan fingerprint density at radius 2 is 1.61 bits per heavy atom. The van der Waals surface area contributed by atoms with Gasteiger partial charge in [0.05, 0.1) is 7.11 Å². The molecule has 0 saturated carbocycles. The fraction of sp³-hybridized carbons (Fsp3) is 0.440. The van der Waals surface area contributed by atoms with E-state index < -0.39 is 6.04 Å². The molecular weight excluding hydrogens is 392 g/mol. The Bertz CT molecular complexity index is 862. The highest BCUT2D eigenvalue weighted by Gasteiger charge is 2.27. The molecule has 2 aromatic carbocycles. The van der Waals surface area contributed by atoms with Crippen molar-refractivity contribution in [3.63, 3.8) is 0 Å². The lowest BCUT2D eigenvalue weighted by molar-refractivity contribution is -0.142. The van der Waals surface area contributed by atoms with Crippen LogP contribution in [0.3, 0.4) is 0 Å². The van der Waals surface area contributed by atoms with Crippen LogP contribution in [0.15, 0.2) is 48.5 Å². The number of para-hydroxylation sites is 1. The molecule has 0 saturated heterocycles. The lowest BCUT2D eigenvalue weighted by atomic mass is 10.0. The molecule has 0 bridgehead atoms. The van der Waals surface area contributed by atoms with Crippen LogP contribution in [0.5, 0.6) is 11.5 Å². The smallest absolute Gasteiger partial charge is 0.261 e. The average molecular weight is 427 g/mol. The largest absolute Gasteiger partial charge is 0.497 e. The topological polar surface area (TPSA) is 67.9 Å². The van der Waals surface area contributed by atoms with Crippen molar-refractivity contribution in [2.24, 2.45) is 0 Å². The van der Waals surface area contributed by atoms with E-state index in [1.807, 2.05) is 62.4 Å². The highest BCUT2D eigenvalue weighted by atomic mass is 16.5. The number of amides is 2. The fourth-order valence-electron chi connectivity index (χ4n) is 3.23. The number of carbonyl (C=O) groups excluding carboxylic acids is 2. The summed E-state index contributed by atoms with van der Waals surface area (Å²) < 4.78 is 11.1. The molecule has 6 nitrogen and oxygen atoms in total. The van der Waals surface area contributed by atoms with Gasteiger partial charge in [0, 0.05) is 12.6 Å². The van der Waals surface area contributed by atoms with Crippen molar-refractivity contribution in [3.05, 3.63) is 59.7 Å². The van der Waals surface area contributed by atoms with Crippen molar-refractivity contribution >= 4 is 11.8 Å². The van der Waals surface area contributed by atoms with E-state index in [9.17, 15) is 9.59 Å². The van der Waals surface area contributed by atoms with E-state index in [1.54, 1.807) is 18.9 Å². The van der Waals surface area contributed by atoms with Gasteiger partial charge in [-0.3, -0.25) is 9.59 Å². The normalized spacial score (nSPS) is 11.9. The van der Waals surface area contributed by atoms with Crippen molar-refractivity contribution in [2.45, 2.75) is 59.2 Å². The van der Waals surface area contributed by atoms with Crippen molar-refractivity contribution < 1.29 is 19.1 Å². The average Bonchev–Trinajstić information content (AvgIpc) is 2.75. The first-order valence-electron chi connectivity index (χ1n) is 10.7. The third-order valence-corrected chi connectivity index (χ3v) is 5.00. The molecule has 1 atom stereocenters. The van der Waals surface area contributed by atoms with Gasteiger partial charge in [-0.2, -0.15) is 0 Å². The van der Waals surface area contributed by atoms with E-state index in [2.05, 4.69) is 19.2 Å². The lowest BCUT2D eigenvalue weighted by Crippen LogP contribution is -2.50. The van der Waals surface area contributed by atoms with E-state index in [1.165, 1.54) is 0 Å². The van der Waals surface area contributed by atoms with Gasteiger partial charge in [0.1, 0.15) is 17.5 Å². The minimum absolute atomic E-state index is 0.0120. The van der Waals surface area contributed by atoms with Crippen LogP contribution < -0.4 is 14.8 Å². The third-order valence-electron chi connectivity index (χ3n) is 5.00. The Morgan fingerprint density at radius 3 is 2.19 bits per heavy atom. The number of rotatable bonds is 10. The standard InChI is InChI=1S/C25H34N2O4/c1-17(2)22-9-7-8-10-23(22)31-16-24(28)27(19(5)25(29)26-18(3)4)15-20-11-13-21(30-6)14-12-20/h7-14,17-19H,15-16H2,1-6H3,(H,26,29)/t19-/m0/s1. The molecule has 2 aromatic rings. The lowest BCUT2D eigenvalue weighted by Gasteiger charge is -2.29. The van der Waals surface area contributed by atoms with Crippen LogP contribution >= 0.6 is 0 Å². The zero-order valence-corrected chi connectivity index (χ0v) is 19.3. The first kappa shape index (κ1) is 24.3. The Kier molecular flexibility index (Phi) is 8.91. The van der Waals surface area contributed by atoms with Gasteiger partial charge >= 0.3 is 0 Å². The minimum Gasteiger partial charge on any atom is -0.497 e. The van der Waals surface area contributed by atoms with Crippen LogP contribution in [0.25, 0.3) is 0 Å². The molecule has 6 heteroatoms. The summed E-state index contributed by atoms with van der Waals surface area (Å²) in [5, 5.41) is 2.89. The molecule has 0 aromatic heterocycles. The highest BCUT2D eigenvalue weighted by Crippen LogP contribution is 2.26. The maximum Gasteiger partial charge on any atom is 0.261 e. The molecule has 0 aliphatic carbocycles. The Morgan fingerprint density at radius 1 is 0.968 bits per heavy atom. The Labute approximate surface area is 185 Å². The van der Waals surface area contributed by atoms with E-state index in [0.717, 1.165) is 16.9 Å². The molecule has 0 fully saturated rings. The second kappa shape index (κ2) is 11.4. The number of carbonyl (C=O) groups is 2. The van der Waals surface area contributed by atoms with Crippen LogP contribution in [0.2, 0.25) is 0 Å². The number of ether oxygens (including phenoxy) is 2. The molecule has 0 unspecified atom stereocenters. The zero-order chi connectivity index (χ0) is 23.0. The second-order valence-corrected chi connectivity index (χ2v) is 8.19. The number of nitrogens with zero attached hydrogens (tertiary/aromatic N) is 1. The number of hydrogen-bond acceptors (Lipinski definition) is 4. The quantitative estimate of drug-likeness (QED) is 0.620. The third kappa shape index (κ3) is 7.02. The van der Waals surface area contributed by atoms with Gasteiger partial charge in [0.25, 0.3) is 5.91 Å². The van der Waals surface area contributed by atoms with Crippen LogP contribution in [0, 0.1) is 0 Å². The van der Waals surface area contributed by atoms with Crippen molar-refractivity contribution in [3.8, 4) is 11.5 Å². The number of methoxy groups -OCH3 is 1. The summed E-state index contributed by atoms with van der Waals surface area (Å²) in [5.74, 6) is 1.26. The molecule has 0 aliphatic rings. The molecule has 0 radical (unpaired) electrons. The maximum absolute atomic E-state index is 13.2. The summed E-state index contributed by atoms with van der Waals surface area (Å²) in [6.45, 7) is 9.85. The monoisotopic (exact) mass is 426 g/mol. The summed E-state index contributed by atoms with van der Waals surface area (Å²) >= 11 is 0. The molecule has 168 valence electrons. The molecule has 0 spiro atoms. The molecule has 1 N–H and O–H groups in total. The van der Waals surface area contributed by atoms with Gasteiger partial charge < -0.3 is 19.7 Å². The number of hydrogen-bond donors (Lipinski definition) is 1. The Balaban J connectivity index is 2.19. The number of nitrogens with one attached hydrogen (secondary N) is 1. The van der Waals surface area contributed by atoms with Gasteiger partial charge in [0.15, 0.2) is 6.61 Å². The first-order valence-corrected chi connectivity index (χ1v) is 10.7. The van der Waals surface area contributed by atoms with Gasteiger partial charge in [0.2, 0.25) is 5.91 Å². The van der Waals surface area contributed by atoms with Crippen molar-refractivity contribution in [1.29, 1.82) is 0 Å².